The third kappa shape index (κ3) is 5.08. The second-order valence-electron chi connectivity index (χ2n) is 4.62. The van der Waals surface area contributed by atoms with E-state index in [0.717, 1.165) is 22.1 Å². The summed E-state index contributed by atoms with van der Waals surface area (Å²) in [6.07, 6.45) is 2.55. The highest BCUT2D eigenvalue weighted by Crippen LogP contribution is 2.26. The van der Waals surface area contributed by atoms with Gasteiger partial charge in [-0.25, -0.2) is 0 Å². The molecule has 1 N–H and O–H groups in total. The van der Waals surface area contributed by atoms with Gasteiger partial charge in [-0.05, 0) is 30.2 Å². The van der Waals surface area contributed by atoms with Crippen molar-refractivity contribution < 1.29 is 9.53 Å². The van der Waals surface area contributed by atoms with Gasteiger partial charge in [0.1, 0.15) is 17.4 Å². The van der Waals surface area contributed by atoms with Gasteiger partial charge in [-0.1, -0.05) is 42.2 Å². The van der Waals surface area contributed by atoms with Crippen molar-refractivity contribution in [2.75, 3.05) is 18.2 Å². The molecule has 0 unspecified atom stereocenters. The number of hydrogen-bond acceptors (Lipinski definition) is 7. The zero-order valence-corrected chi connectivity index (χ0v) is 14.9. The molecule has 0 aliphatic rings. The molecule has 0 saturated carbocycles. The first-order valence-corrected chi connectivity index (χ1v) is 9.00. The van der Waals surface area contributed by atoms with E-state index >= 15 is 0 Å². The van der Waals surface area contributed by atoms with Crippen LogP contribution in [0.3, 0.4) is 0 Å². The molecule has 0 aliphatic carbocycles. The average molecular weight is 360 g/mol. The standard InChI is InChI=1S/C16H16N4O2S2/c1-3-8-23-16-20-19-15(24-16)18-14(21)12(10-17)9-11-4-6-13(22-2)7-5-11/h4-7,9H,3,8H2,1-2H3,(H,18,19,21)/b12-9+. The molecule has 24 heavy (non-hydrogen) atoms. The highest BCUT2D eigenvalue weighted by molar-refractivity contribution is 8.01. The van der Waals surface area contributed by atoms with E-state index in [9.17, 15) is 10.1 Å². The number of nitrogens with one attached hydrogen (secondary N) is 1. The Morgan fingerprint density at radius 2 is 2.17 bits per heavy atom. The van der Waals surface area contributed by atoms with Crippen molar-refractivity contribution in [3.8, 4) is 11.8 Å². The predicted molar refractivity (Wildman–Crippen MR) is 96.1 cm³/mol. The highest BCUT2D eigenvalue weighted by atomic mass is 32.2. The van der Waals surface area contributed by atoms with Crippen molar-refractivity contribution in [3.63, 3.8) is 0 Å². The topological polar surface area (TPSA) is 87.9 Å². The number of methoxy groups -OCH3 is 1. The average Bonchev–Trinajstić information content (AvgIpc) is 3.05. The molecule has 1 aromatic carbocycles. The molecule has 124 valence electrons. The number of thioether (sulfide) groups is 1. The number of nitriles is 1. The summed E-state index contributed by atoms with van der Waals surface area (Å²) in [5.41, 5.74) is 0.733. The van der Waals surface area contributed by atoms with Crippen LogP contribution in [0.1, 0.15) is 18.9 Å². The zero-order valence-electron chi connectivity index (χ0n) is 13.3. The Balaban J connectivity index is 2.06. The van der Waals surface area contributed by atoms with Crippen LogP contribution in [0.25, 0.3) is 6.08 Å². The summed E-state index contributed by atoms with van der Waals surface area (Å²) in [4.78, 5) is 12.2. The molecule has 1 amide bonds. The second kappa shape index (κ2) is 9.05. The second-order valence-corrected chi connectivity index (χ2v) is 6.94. The van der Waals surface area contributed by atoms with Gasteiger partial charge in [-0.3, -0.25) is 10.1 Å². The number of carbonyl (C=O) groups excluding carboxylic acids is 1. The lowest BCUT2D eigenvalue weighted by Crippen LogP contribution is -2.13. The maximum absolute atomic E-state index is 12.2. The van der Waals surface area contributed by atoms with Gasteiger partial charge in [0.2, 0.25) is 5.13 Å². The number of anilines is 1. The smallest absolute Gasteiger partial charge is 0.268 e. The van der Waals surface area contributed by atoms with Crippen molar-refractivity contribution in [2.24, 2.45) is 0 Å². The normalized spacial score (nSPS) is 11.0. The lowest BCUT2D eigenvalue weighted by Gasteiger charge is -2.01. The van der Waals surface area contributed by atoms with Crippen LogP contribution in [-0.4, -0.2) is 29.0 Å². The Labute approximate surface area is 148 Å². The minimum Gasteiger partial charge on any atom is -0.497 e. The van der Waals surface area contributed by atoms with Gasteiger partial charge in [-0.2, -0.15) is 5.26 Å². The predicted octanol–water partition coefficient (Wildman–Crippen LogP) is 3.59. The monoisotopic (exact) mass is 360 g/mol. The lowest BCUT2D eigenvalue weighted by molar-refractivity contribution is -0.112. The first-order chi connectivity index (χ1) is 11.7. The molecule has 2 aromatic rings. The van der Waals surface area contributed by atoms with E-state index in [1.807, 2.05) is 6.07 Å². The highest BCUT2D eigenvalue weighted by Gasteiger charge is 2.13. The fourth-order valence-corrected chi connectivity index (χ4v) is 3.36. The molecule has 0 radical (unpaired) electrons. The third-order valence-electron chi connectivity index (χ3n) is 2.85. The Kier molecular flexibility index (Phi) is 6.78. The molecule has 0 saturated heterocycles. The molecular weight excluding hydrogens is 344 g/mol. The van der Waals surface area contributed by atoms with E-state index in [0.29, 0.717) is 10.9 Å². The molecule has 6 nitrogen and oxygen atoms in total. The zero-order chi connectivity index (χ0) is 17.4. The van der Waals surface area contributed by atoms with Crippen molar-refractivity contribution in [3.05, 3.63) is 35.4 Å². The van der Waals surface area contributed by atoms with Crippen LogP contribution in [-0.2, 0) is 4.79 Å². The van der Waals surface area contributed by atoms with Crippen LogP contribution < -0.4 is 10.1 Å². The van der Waals surface area contributed by atoms with Crippen molar-refractivity contribution in [2.45, 2.75) is 17.7 Å². The summed E-state index contributed by atoms with van der Waals surface area (Å²) < 4.78 is 5.87. The Morgan fingerprint density at radius 1 is 1.42 bits per heavy atom. The maximum atomic E-state index is 12.2. The summed E-state index contributed by atoms with van der Waals surface area (Å²) in [6, 6.07) is 8.98. The number of rotatable bonds is 7. The van der Waals surface area contributed by atoms with E-state index in [4.69, 9.17) is 4.74 Å². The summed E-state index contributed by atoms with van der Waals surface area (Å²) in [5, 5.41) is 20.1. The summed E-state index contributed by atoms with van der Waals surface area (Å²) >= 11 is 2.89. The third-order valence-corrected chi connectivity index (χ3v) is 5.03. The fourth-order valence-electron chi connectivity index (χ4n) is 1.69. The number of nitrogens with zero attached hydrogens (tertiary/aromatic N) is 3. The Hall–Kier alpha value is -2.37. The fraction of sp³-hybridized carbons (Fsp3) is 0.250. The number of aromatic nitrogens is 2. The molecule has 1 aromatic heterocycles. The molecule has 0 fully saturated rings. The van der Waals surface area contributed by atoms with E-state index in [2.05, 4.69) is 22.4 Å². The van der Waals surface area contributed by atoms with Crippen LogP contribution >= 0.6 is 23.1 Å². The summed E-state index contributed by atoms with van der Waals surface area (Å²) in [7, 11) is 1.58. The Bertz CT molecular complexity index is 763. The van der Waals surface area contributed by atoms with E-state index < -0.39 is 5.91 Å². The first-order valence-electron chi connectivity index (χ1n) is 7.19. The van der Waals surface area contributed by atoms with Crippen LogP contribution in [0.4, 0.5) is 5.13 Å². The van der Waals surface area contributed by atoms with Crippen molar-refractivity contribution in [1.82, 2.24) is 10.2 Å². The molecule has 0 spiro atoms. The molecule has 0 atom stereocenters. The van der Waals surface area contributed by atoms with Crippen LogP contribution in [0.5, 0.6) is 5.75 Å². The summed E-state index contributed by atoms with van der Waals surface area (Å²) in [6.45, 7) is 2.08. The van der Waals surface area contributed by atoms with Crippen LogP contribution in [0.15, 0.2) is 34.2 Å². The largest absolute Gasteiger partial charge is 0.497 e. The number of ether oxygens (including phenoxy) is 1. The Morgan fingerprint density at radius 3 is 2.79 bits per heavy atom. The van der Waals surface area contributed by atoms with E-state index in [-0.39, 0.29) is 5.57 Å². The van der Waals surface area contributed by atoms with Gasteiger partial charge in [0.15, 0.2) is 4.34 Å². The molecule has 0 bridgehead atoms. The number of benzene rings is 1. The maximum Gasteiger partial charge on any atom is 0.268 e. The van der Waals surface area contributed by atoms with Crippen LogP contribution in [0, 0.1) is 11.3 Å². The number of amides is 1. The van der Waals surface area contributed by atoms with Crippen LogP contribution in [0.2, 0.25) is 0 Å². The van der Waals surface area contributed by atoms with E-state index in [1.165, 1.54) is 17.4 Å². The molecule has 1 heterocycles. The lowest BCUT2D eigenvalue weighted by atomic mass is 10.1. The van der Waals surface area contributed by atoms with E-state index in [1.54, 1.807) is 43.1 Å². The SMILES string of the molecule is CCCSc1nnc(NC(=O)/C(C#N)=C/c2ccc(OC)cc2)s1. The molecule has 8 heteroatoms. The number of hydrogen-bond donors (Lipinski definition) is 1. The molecule has 2 rings (SSSR count). The van der Waals surface area contributed by atoms with Gasteiger partial charge in [0.05, 0.1) is 7.11 Å². The van der Waals surface area contributed by atoms with Gasteiger partial charge in [0, 0.05) is 5.75 Å². The molecular formula is C16H16N4O2S2. The quantitative estimate of drug-likeness (QED) is 0.351. The first kappa shape index (κ1) is 18.0. The minimum atomic E-state index is -0.503. The molecule has 0 aliphatic heterocycles. The van der Waals surface area contributed by atoms with Gasteiger partial charge in [-0.15, -0.1) is 10.2 Å². The summed E-state index contributed by atoms with van der Waals surface area (Å²) in [5.74, 6) is 1.15. The number of carbonyl (C=O) groups is 1. The minimum absolute atomic E-state index is 0.00173. The van der Waals surface area contributed by atoms with Crippen molar-refractivity contribution >= 4 is 40.2 Å². The van der Waals surface area contributed by atoms with Gasteiger partial charge in [0.25, 0.3) is 5.91 Å². The van der Waals surface area contributed by atoms with Crippen molar-refractivity contribution in [1.29, 1.82) is 5.26 Å². The van der Waals surface area contributed by atoms with Gasteiger partial charge < -0.3 is 4.74 Å². The van der Waals surface area contributed by atoms with Gasteiger partial charge >= 0.3 is 0 Å².